The molecule has 33 heavy (non-hydrogen) atoms. The number of hydrogen-bond donors (Lipinski definition) is 0. The molecule has 2 aliphatic heterocycles. The van der Waals surface area contributed by atoms with E-state index in [9.17, 15) is 18.8 Å². The van der Waals surface area contributed by atoms with Crippen LogP contribution >= 0.6 is 0 Å². The molecular weight excluding hydrogens is 421 g/mol. The third-order valence-electron chi connectivity index (χ3n) is 7.03. The van der Waals surface area contributed by atoms with E-state index in [1.165, 1.54) is 12.1 Å². The van der Waals surface area contributed by atoms with E-state index in [-0.39, 0.29) is 29.3 Å². The van der Waals surface area contributed by atoms with Crippen LogP contribution in [0.1, 0.15) is 48.7 Å². The summed E-state index contributed by atoms with van der Waals surface area (Å²) < 4.78 is 14.0. The molecule has 0 aromatic heterocycles. The fourth-order valence-electron chi connectivity index (χ4n) is 4.91. The van der Waals surface area contributed by atoms with Crippen LogP contribution in [0, 0.1) is 11.2 Å². The first kappa shape index (κ1) is 23.0. The van der Waals surface area contributed by atoms with Gasteiger partial charge in [-0.05, 0) is 30.5 Å². The zero-order chi connectivity index (χ0) is 23.6. The highest BCUT2D eigenvalue weighted by Gasteiger charge is 2.43. The van der Waals surface area contributed by atoms with Gasteiger partial charge in [0.2, 0.25) is 11.8 Å². The topological polar surface area (TPSA) is 60.9 Å². The van der Waals surface area contributed by atoms with E-state index in [1.54, 1.807) is 24.0 Å². The molecule has 1 unspecified atom stereocenters. The summed E-state index contributed by atoms with van der Waals surface area (Å²) in [5.74, 6) is -0.796. The third-order valence-corrected chi connectivity index (χ3v) is 7.03. The van der Waals surface area contributed by atoms with Crippen LogP contribution < -0.4 is 0 Å². The minimum atomic E-state index is -0.592. The minimum absolute atomic E-state index is 0.00197. The summed E-state index contributed by atoms with van der Waals surface area (Å²) in [5.41, 5.74) is 0.491. The molecule has 2 saturated heterocycles. The number of amides is 3. The number of rotatable bonds is 3. The molecule has 7 heteroatoms. The van der Waals surface area contributed by atoms with Gasteiger partial charge < -0.3 is 14.7 Å². The summed E-state index contributed by atoms with van der Waals surface area (Å²) in [4.78, 5) is 43.9. The standard InChI is InChI=1S/C26H30FN3O3/c1-19(31)30-17-16-29(18-23(30)20-8-4-3-5-9-20)25(33)26(2)12-14-28(15-13-26)24(32)21-10-6-7-11-22(21)27/h3-11,23H,12-18H2,1-2H3. The molecule has 2 fully saturated rings. The van der Waals surface area contributed by atoms with Gasteiger partial charge in [-0.3, -0.25) is 14.4 Å². The van der Waals surface area contributed by atoms with Crippen molar-refractivity contribution < 1.29 is 18.8 Å². The van der Waals surface area contributed by atoms with Gasteiger partial charge in [-0.2, -0.15) is 0 Å². The van der Waals surface area contributed by atoms with Crippen molar-refractivity contribution in [3.8, 4) is 0 Å². The van der Waals surface area contributed by atoms with E-state index < -0.39 is 11.2 Å². The largest absolute Gasteiger partial charge is 0.338 e. The molecule has 2 aromatic rings. The van der Waals surface area contributed by atoms with Gasteiger partial charge in [-0.1, -0.05) is 49.4 Å². The maximum Gasteiger partial charge on any atom is 0.256 e. The highest BCUT2D eigenvalue weighted by Crippen LogP contribution is 2.36. The first-order valence-corrected chi connectivity index (χ1v) is 11.5. The molecule has 0 spiro atoms. The van der Waals surface area contributed by atoms with Crippen molar-refractivity contribution in [2.75, 3.05) is 32.7 Å². The zero-order valence-electron chi connectivity index (χ0n) is 19.2. The molecule has 3 amide bonds. The molecule has 0 saturated carbocycles. The molecule has 6 nitrogen and oxygen atoms in total. The fourth-order valence-corrected chi connectivity index (χ4v) is 4.91. The molecule has 2 aromatic carbocycles. The van der Waals surface area contributed by atoms with Gasteiger partial charge in [-0.25, -0.2) is 4.39 Å². The van der Waals surface area contributed by atoms with E-state index in [0.717, 1.165) is 5.56 Å². The Morgan fingerprint density at radius 3 is 2.15 bits per heavy atom. The molecule has 0 radical (unpaired) electrons. The Balaban J connectivity index is 1.44. The average Bonchev–Trinajstić information content (AvgIpc) is 2.84. The number of benzene rings is 2. The smallest absolute Gasteiger partial charge is 0.256 e. The maximum absolute atomic E-state index is 14.0. The third kappa shape index (κ3) is 4.63. The summed E-state index contributed by atoms with van der Waals surface area (Å²) in [7, 11) is 0. The lowest BCUT2D eigenvalue weighted by Crippen LogP contribution is -2.56. The highest BCUT2D eigenvalue weighted by molar-refractivity contribution is 5.94. The molecule has 0 N–H and O–H groups in total. The van der Waals surface area contributed by atoms with Crippen LogP contribution in [0.4, 0.5) is 4.39 Å². The number of piperidine rings is 1. The van der Waals surface area contributed by atoms with Crippen molar-refractivity contribution in [3.63, 3.8) is 0 Å². The normalized spacial score (nSPS) is 20.5. The van der Waals surface area contributed by atoms with Gasteiger partial charge in [0.25, 0.3) is 5.91 Å². The molecule has 174 valence electrons. The Bertz CT molecular complexity index is 1030. The Hall–Kier alpha value is -3.22. The Morgan fingerprint density at radius 1 is 0.879 bits per heavy atom. The van der Waals surface area contributed by atoms with Crippen molar-refractivity contribution >= 4 is 17.7 Å². The summed E-state index contributed by atoms with van der Waals surface area (Å²) in [6, 6.07) is 15.6. The number of likely N-dealkylation sites (tertiary alicyclic amines) is 1. The van der Waals surface area contributed by atoms with Crippen LogP contribution in [-0.2, 0) is 9.59 Å². The first-order chi connectivity index (χ1) is 15.8. The average molecular weight is 452 g/mol. The summed E-state index contributed by atoms with van der Waals surface area (Å²) >= 11 is 0. The molecule has 0 aliphatic carbocycles. The fraction of sp³-hybridized carbons (Fsp3) is 0.423. The van der Waals surface area contributed by atoms with Gasteiger partial charge in [0.1, 0.15) is 5.82 Å². The predicted octanol–water partition coefficient (Wildman–Crippen LogP) is 3.50. The molecule has 1 atom stereocenters. The molecule has 2 aliphatic rings. The SMILES string of the molecule is CC(=O)N1CCN(C(=O)C2(C)CCN(C(=O)c3ccccc3F)CC2)CC1c1ccccc1. The molecule has 0 bridgehead atoms. The lowest BCUT2D eigenvalue weighted by Gasteiger charge is -2.46. The predicted molar refractivity (Wildman–Crippen MR) is 123 cm³/mol. The van der Waals surface area contributed by atoms with E-state index in [4.69, 9.17) is 0 Å². The van der Waals surface area contributed by atoms with Crippen molar-refractivity contribution in [1.29, 1.82) is 0 Å². The summed E-state index contributed by atoms with van der Waals surface area (Å²) in [5, 5.41) is 0. The number of halogens is 1. The quantitative estimate of drug-likeness (QED) is 0.718. The van der Waals surface area contributed by atoms with E-state index in [0.29, 0.717) is 45.6 Å². The van der Waals surface area contributed by atoms with Crippen LogP contribution in [-0.4, -0.2) is 65.1 Å². The van der Waals surface area contributed by atoms with Crippen LogP contribution in [0.3, 0.4) is 0 Å². The van der Waals surface area contributed by atoms with Crippen LogP contribution in [0.15, 0.2) is 54.6 Å². The van der Waals surface area contributed by atoms with E-state index >= 15 is 0 Å². The van der Waals surface area contributed by atoms with E-state index in [1.807, 2.05) is 47.1 Å². The Labute approximate surface area is 194 Å². The summed E-state index contributed by atoms with van der Waals surface area (Å²) in [6.07, 6.45) is 1.05. The van der Waals surface area contributed by atoms with Gasteiger partial charge in [-0.15, -0.1) is 0 Å². The van der Waals surface area contributed by atoms with Gasteiger partial charge >= 0.3 is 0 Å². The number of piperazine rings is 1. The lowest BCUT2D eigenvalue weighted by molar-refractivity contribution is -0.150. The zero-order valence-corrected chi connectivity index (χ0v) is 19.2. The van der Waals surface area contributed by atoms with Crippen LogP contribution in [0.2, 0.25) is 0 Å². The van der Waals surface area contributed by atoms with Crippen LogP contribution in [0.25, 0.3) is 0 Å². The lowest BCUT2D eigenvalue weighted by atomic mass is 9.78. The number of nitrogens with zero attached hydrogens (tertiary/aromatic N) is 3. The van der Waals surface area contributed by atoms with Crippen molar-refractivity contribution in [1.82, 2.24) is 14.7 Å². The number of hydrogen-bond acceptors (Lipinski definition) is 3. The highest BCUT2D eigenvalue weighted by atomic mass is 19.1. The number of carbonyl (C=O) groups is 3. The maximum atomic E-state index is 14.0. The second-order valence-corrected chi connectivity index (χ2v) is 9.22. The number of carbonyl (C=O) groups excluding carboxylic acids is 3. The second kappa shape index (κ2) is 9.33. The Kier molecular flexibility index (Phi) is 6.49. The monoisotopic (exact) mass is 451 g/mol. The van der Waals surface area contributed by atoms with Gasteiger partial charge in [0.15, 0.2) is 0 Å². The second-order valence-electron chi connectivity index (χ2n) is 9.22. The Morgan fingerprint density at radius 2 is 1.52 bits per heavy atom. The van der Waals surface area contributed by atoms with E-state index in [2.05, 4.69) is 0 Å². The molecule has 4 rings (SSSR count). The van der Waals surface area contributed by atoms with Crippen LogP contribution in [0.5, 0.6) is 0 Å². The molecule has 2 heterocycles. The van der Waals surface area contributed by atoms with Crippen molar-refractivity contribution in [2.24, 2.45) is 5.41 Å². The van der Waals surface area contributed by atoms with Crippen molar-refractivity contribution in [2.45, 2.75) is 32.7 Å². The minimum Gasteiger partial charge on any atom is -0.338 e. The first-order valence-electron chi connectivity index (χ1n) is 11.5. The van der Waals surface area contributed by atoms with Gasteiger partial charge in [0.05, 0.1) is 11.6 Å². The van der Waals surface area contributed by atoms with Gasteiger partial charge in [0, 0.05) is 45.1 Å². The summed E-state index contributed by atoms with van der Waals surface area (Å²) in [6.45, 7) is 5.78. The molecular formula is C26H30FN3O3. The van der Waals surface area contributed by atoms with Crippen molar-refractivity contribution in [3.05, 3.63) is 71.5 Å².